The molecule has 1 aliphatic heterocycles. The zero-order chi connectivity index (χ0) is 31.6. The van der Waals surface area contributed by atoms with Gasteiger partial charge in [-0.2, -0.15) is 0 Å². The molecular formula is C44H35N3. The summed E-state index contributed by atoms with van der Waals surface area (Å²) in [6.07, 6.45) is 7.36. The van der Waals surface area contributed by atoms with Crippen LogP contribution in [0.25, 0.3) is 32.7 Å². The van der Waals surface area contributed by atoms with Gasteiger partial charge in [-0.25, -0.2) is 0 Å². The Hall–Kier alpha value is -6.06. The smallest absolute Gasteiger partial charge is 0.0618 e. The van der Waals surface area contributed by atoms with Crippen molar-refractivity contribution in [1.29, 1.82) is 0 Å². The number of allylic oxidation sites excluding steroid dienone is 2. The molecule has 47 heavy (non-hydrogen) atoms. The number of hydrogen-bond acceptors (Lipinski definition) is 3. The second-order valence-corrected chi connectivity index (χ2v) is 11.8. The lowest BCUT2D eigenvalue weighted by Gasteiger charge is -2.35. The largest absolute Gasteiger partial charge is 0.392 e. The average molecular weight is 606 g/mol. The number of hydrogen-bond donors (Lipinski definition) is 1. The molecule has 0 aromatic heterocycles. The van der Waals surface area contributed by atoms with Crippen LogP contribution in [0, 0.1) is 0 Å². The predicted molar refractivity (Wildman–Crippen MR) is 200 cm³/mol. The van der Waals surface area contributed by atoms with Gasteiger partial charge in [0, 0.05) is 46.6 Å². The van der Waals surface area contributed by atoms with Crippen LogP contribution in [-0.4, -0.2) is 7.05 Å². The Labute approximate surface area is 276 Å². The molecule has 1 N–H and O–H groups in total. The Morgan fingerprint density at radius 3 is 2.09 bits per heavy atom. The molecule has 1 heterocycles. The van der Waals surface area contributed by atoms with Crippen molar-refractivity contribution < 1.29 is 0 Å². The van der Waals surface area contributed by atoms with Crippen molar-refractivity contribution in [2.45, 2.75) is 6.42 Å². The highest BCUT2D eigenvalue weighted by molar-refractivity contribution is 6.18. The molecule has 7 aromatic rings. The Kier molecular flexibility index (Phi) is 7.49. The van der Waals surface area contributed by atoms with Gasteiger partial charge in [0.25, 0.3) is 0 Å². The highest BCUT2D eigenvalue weighted by Crippen LogP contribution is 2.53. The number of rotatable bonds is 8. The predicted octanol–water partition coefficient (Wildman–Crippen LogP) is 11.4. The van der Waals surface area contributed by atoms with E-state index in [9.17, 15) is 0 Å². The summed E-state index contributed by atoms with van der Waals surface area (Å²) in [6.45, 7) is 0. The first-order valence-electron chi connectivity index (χ1n) is 16.2. The van der Waals surface area contributed by atoms with Gasteiger partial charge in [0.1, 0.15) is 0 Å². The van der Waals surface area contributed by atoms with Gasteiger partial charge in [0.05, 0.1) is 17.1 Å². The maximum atomic E-state index is 3.28. The minimum Gasteiger partial charge on any atom is -0.392 e. The van der Waals surface area contributed by atoms with E-state index < -0.39 is 0 Å². The summed E-state index contributed by atoms with van der Waals surface area (Å²) in [5.41, 5.74) is 10.6. The quantitative estimate of drug-likeness (QED) is 0.174. The van der Waals surface area contributed by atoms with Crippen molar-refractivity contribution in [3.63, 3.8) is 0 Å². The van der Waals surface area contributed by atoms with Crippen LogP contribution in [0.1, 0.15) is 5.56 Å². The van der Waals surface area contributed by atoms with Gasteiger partial charge >= 0.3 is 0 Å². The molecule has 0 spiro atoms. The fraction of sp³-hybridized carbons (Fsp3) is 0.0455. The number of benzene rings is 7. The molecule has 0 bridgehead atoms. The number of nitrogens with zero attached hydrogens (tertiary/aromatic N) is 2. The number of anilines is 5. The van der Waals surface area contributed by atoms with E-state index in [0.29, 0.717) is 0 Å². The average Bonchev–Trinajstić information content (AvgIpc) is 3.13. The second kappa shape index (κ2) is 12.4. The van der Waals surface area contributed by atoms with Crippen LogP contribution in [-0.2, 0) is 6.42 Å². The number of nitrogens with one attached hydrogen (secondary N) is 1. The summed E-state index contributed by atoms with van der Waals surface area (Å²) in [7, 11) is 1.95. The van der Waals surface area contributed by atoms with Crippen LogP contribution in [0.3, 0.4) is 0 Å². The van der Waals surface area contributed by atoms with E-state index in [1.54, 1.807) is 0 Å². The Morgan fingerprint density at radius 2 is 1.30 bits per heavy atom. The fourth-order valence-corrected chi connectivity index (χ4v) is 6.87. The van der Waals surface area contributed by atoms with Gasteiger partial charge in [-0.1, -0.05) is 121 Å². The van der Waals surface area contributed by atoms with Crippen LogP contribution >= 0.6 is 0 Å². The van der Waals surface area contributed by atoms with Crippen LogP contribution in [0.15, 0.2) is 182 Å². The summed E-state index contributed by atoms with van der Waals surface area (Å²) in [5.74, 6) is 0. The van der Waals surface area contributed by atoms with Crippen LogP contribution < -0.4 is 15.1 Å². The minimum atomic E-state index is 0.860. The molecule has 0 aliphatic carbocycles. The first-order chi connectivity index (χ1) is 23.3. The second-order valence-electron chi connectivity index (χ2n) is 11.8. The lowest BCUT2D eigenvalue weighted by molar-refractivity contribution is 1.05. The zero-order valence-corrected chi connectivity index (χ0v) is 26.3. The van der Waals surface area contributed by atoms with Gasteiger partial charge in [-0.05, 0) is 76.9 Å². The third kappa shape index (κ3) is 5.22. The van der Waals surface area contributed by atoms with Crippen LogP contribution in [0.5, 0.6) is 0 Å². The van der Waals surface area contributed by atoms with Gasteiger partial charge < -0.3 is 15.1 Å². The summed E-state index contributed by atoms with van der Waals surface area (Å²) in [5, 5.41) is 8.30. The molecule has 0 fully saturated rings. The van der Waals surface area contributed by atoms with E-state index in [4.69, 9.17) is 0 Å². The standard InChI is InChI=1S/C44H35N3/c1-45-31-38(21-10-15-32-13-4-2-5-14-32)46(35-19-6-3-7-20-35)36-26-28-37(29-27-36)47-42-24-12-18-34-17-11-23-40(43(34)42)41-30-25-33-16-8-9-22-39(33)44(41)47/h2-14,16-31,45H,15H2,1H3/b21-10-,38-31+. The SMILES string of the molecule is CN/C=C(\C=C/Cc1ccccc1)N(c1ccccc1)c1ccc(N2c3c(ccc4ccccc34)-c3cccc4cccc2c34)cc1. The lowest BCUT2D eigenvalue weighted by Crippen LogP contribution is -2.18. The maximum absolute atomic E-state index is 3.28. The summed E-state index contributed by atoms with van der Waals surface area (Å²) < 4.78 is 0. The summed E-state index contributed by atoms with van der Waals surface area (Å²) in [4.78, 5) is 4.76. The topological polar surface area (TPSA) is 18.5 Å². The molecule has 0 saturated heterocycles. The Bertz CT molecular complexity index is 2250. The van der Waals surface area contributed by atoms with Gasteiger partial charge in [0.15, 0.2) is 0 Å². The van der Waals surface area contributed by atoms with Crippen molar-refractivity contribution in [2.75, 3.05) is 16.8 Å². The minimum absolute atomic E-state index is 0.860. The van der Waals surface area contributed by atoms with Gasteiger partial charge in [-0.15, -0.1) is 0 Å². The first kappa shape index (κ1) is 28.4. The normalized spacial score (nSPS) is 12.4. The molecule has 226 valence electrons. The lowest BCUT2D eigenvalue weighted by atomic mass is 9.88. The number of para-hydroxylation sites is 1. The molecule has 0 amide bonds. The first-order valence-corrected chi connectivity index (χ1v) is 16.2. The van der Waals surface area contributed by atoms with E-state index >= 15 is 0 Å². The third-order valence-electron chi connectivity index (χ3n) is 8.95. The fourth-order valence-electron chi connectivity index (χ4n) is 6.87. The molecule has 0 saturated carbocycles. The Morgan fingerprint density at radius 1 is 0.617 bits per heavy atom. The monoisotopic (exact) mass is 605 g/mol. The molecule has 0 radical (unpaired) electrons. The van der Waals surface area contributed by atoms with Crippen molar-refractivity contribution in [3.8, 4) is 11.1 Å². The number of fused-ring (bicyclic) bond motifs is 4. The molecular weight excluding hydrogens is 571 g/mol. The zero-order valence-electron chi connectivity index (χ0n) is 26.3. The molecule has 7 aromatic carbocycles. The molecule has 8 rings (SSSR count). The van der Waals surface area contributed by atoms with Crippen molar-refractivity contribution in [2.24, 2.45) is 0 Å². The Balaban J connectivity index is 1.25. The van der Waals surface area contributed by atoms with E-state index in [-0.39, 0.29) is 0 Å². The van der Waals surface area contributed by atoms with Gasteiger partial charge in [-0.3, -0.25) is 0 Å². The highest BCUT2D eigenvalue weighted by Gasteiger charge is 2.27. The van der Waals surface area contributed by atoms with E-state index in [1.807, 2.05) is 7.05 Å². The molecule has 3 nitrogen and oxygen atoms in total. The van der Waals surface area contributed by atoms with Crippen LogP contribution in [0.2, 0.25) is 0 Å². The summed E-state index contributed by atoms with van der Waals surface area (Å²) in [6, 6.07) is 56.7. The third-order valence-corrected chi connectivity index (χ3v) is 8.95. The van der Waals surface area contributed by atoms with Crippen LogP contribution in [0.4, 0.5) is 28.4 Å². The van der Waals surface area contributed by atoms with E-state index in [0.717, 1.165) is 29.2 Å². The van der Waals surface area contributed by atoms with Crippen molar-refractivity contribution >= 4 is 50.0 Å². The summed E-state index contributed by atoms with van der Waals surface area (Å²) >= 11 is 0. The highest BCUT2D eigenvalue weighted by atomic mass is 15.2. The molecule has 1 aliphatic rings. The molecule has 3 heteroatoms. The van der Waals surface area contributed by atoms with Crippen molar-refractivity contribution in [1.82, 2.24) is 5.32 Å². The van der Waals surface area contributed by atoms with E-state index in [2.05, 4.69) is 191 Å². The van der Waals surface area contributed by atoms with Gasteiger partial charge in [0.2, 0.25) is 0 Å². The maximum Gasteiger partial charge on any atom is 0.0618 e. The van der Waals surface area contributed by atoms with E-state index in [1.165, 1.54) is 49.6 Å². The van der Waals surface area contributed by atoms with Crippen molar-refractivity contribution in [3.05, 3.63) is 187 Å². The molecule has 0 unspecified atom stereocenters. The molecule has 0 atom stereocenters.